The van der Waals surface area contributed by atoms with Crippen molar-refractivity contribution >= 4 is 17.8 Å². The van der Waals surface area contributed by atoms with Crippen molar-refractivity contribution in [3.8, 4) is 0 Å². The number of imide groups is 1. The first-order valence-corrected chi connectivity index (χ1v) is 6.29. The van der Waals surface area contributed by atoms with Crippen molar-refractivity contribution in [2.45, 2.75) is 25.2 Å². The summed E-state index contributed by atoms with van der Waals surface area (Å²) in [5.41, 5.74) is 1.09. The molecule has 98 valence electrons. The van der Waals surface area contributed by atoms with Crippen molar-refractivity contribution in [3.63, 3.8) is 0 Å². The van der Waals surface area contributed by atoms with Gasteiger partial charge in [0.25, 0.3) is 11.8 Å². The Morgan fingerprint density at radius 1 is 1.11 bits per heavy atom. The van der Waals surface area contributed by atoms with E-state index in [4.69, 9.17) is 4.84 Å². The van der Waals surface area contributed by atoms with E-state index < -0.39 is 17.8 Å². The van der Waals surface area contributed by atoms with E-state index in [9.17, 15) is 14.4 Å². The highest BCUT2D eigenvalue weighted by Gasteiger charge is 2.47. The number of nitrogens with zero attached hydrogens (tertiary/aromatic N) is 1. The van der Waals surface area contributed by atoms with Gasteiger partial charge in [-0.3, -0.25) is 9.59 Å². The summed E-state index contributed by atoms with van der Waals surface area (Å²) in [6, 6.07) is 9.68. The number of carbonyl (C=O) groups excluding carboxylic acids is 3. The van der Waals surface area contributed by atoms with Crippen LogP contribution in [0.3, 0.4) is 0 Å². The molecule has 1 saturated heterocycles. The van der Waals surface area contributed by atoms with Gasteiger partial charge in [-0.05, 0) is 17.9 Å². The van der Waals surface area contributed by atoms with Crippen LogP contribution in [-0.4, -0.2) is 22.8 Å². The second kappa shape index (κ2) is 4.50. The molecule has 0 N–H and O–H groups in total. The molecule has 19 heavy (non-hydrogen) atoms. The number of hydrogen-bond acceptors (Lipinski definition) is 4. The van der Waals surface area contributed by atoms with Crippen LogP contribution in [0.25, 0.3) is 0 Å². The minimum absolute atomic E-state index is 0.124. The Bertz CT molecular complexity index is 524. The third kappa shape index (κ3) is 2.23. The summed E-state index contributed by atoms with van der Waals surface area (Å²) >= 11 is 0. The Morgan fingerprint density at radius 2 is 1.74 bits per heavy atom. The van der Waals surface area contributed by atoms with E-state index in [2.05, 4.69) is 0 Å². The number of rotatable bonds is 3. The number of amides is 2. The van der Waals surface area contributed by atoms with Crippen LogP contribution in [0.5, 0.6) is 0 Å². The Kier molecular flexibility index (Phi) is 2.81. The number of benzene rings is 1. The minimum atomic E-state index is -0.488. The SMILES string of the molecule is O=C(ON1C(=O)CCC1=O)[C@@H]1C[C@@H]1c1ccccc1. The highest BCUT2D eigenvalue weighted by Crippen LogP contribution is 2.48. The zero-order valence-electron chi connectivity index (χ0n) is 10.2. The third-order valence-corrected chi connectivity index (χ3v) is 3.51. The molecular formula is C14H13NO4. The molecule has 0 aromatic heterocycles. The summed E-state index contributed by atoms with van der Waals surface area (Å²) in [5, 5.41) is 0.614. The number of carbonyl (C=O) groups is 3. The molecule has 1 saturated carbocycles. The van der Waals surface area contributed by atoms with Gasteiger partial charge in [-0.15, -0.1) is 5.06 Å². The Balaban J connectivity index is 1.61. The summed E-state index contributed by atoms with van der Waals surface area (Å²) in [7, 11) is 0. The molecule has 1 aliphatic carbocycles. The number of hydroxylamine groups is 2. The second-order valence-electron chi connectivity index (χ2n) is 4.85. The predicted octanol–water partition coefficient (Wildman–Crippen LogP) is 1.40. The summed E-state index contributed by atoms with van der Waals surface area (Å²) in [4.78, 5) is 39.5. The van der Waals surface area contributed by atoms with Crippen molar-refractivity contribution in [3.05, 3.63) is 35.9 Å². The maximum Gasteiger partial charge on any atom is 0.336 e. The van der Waals surface area contributed by atoms with Crippen LogP contribution in [0.2, 0.25) is 0 Å². The molecule has 0 spiro atoms. The lowest BCUT2D eigenvalue weighted by atomic mass is 10.1. The molecule has 5 heteroatoms. The topological polar surface area (TPSA) is 63.7 Å². The van der Waals surface area contributed by atoms with E-state index >= 15 is 0 Å². The van der Waals surface area contributed by atoms with Crippen LogP contribution in [0.4, 0.5) is 0 Å². The zero-order valence-corrected chi connectivity index (χ0v) is 10.2. The smallest absolute Gasteiger partial charge is 0.330 e. The van der Waals surface area contributed by atoms with Gasteiger partial charge in [-0.2, -0.15) is 0 Å². The first-order chi connectivity index (χ1) is 9.16. The standard InChI is InChI=1S/C14H13NO4/c16-12-6-7-13(17)15(12)19-14(18)11-8-10(11)9-4-2-1-3-5-9/h1-5,10-11H,6-8H2/t10-,11-/m1/s1. The lowest BCUT2D eigenvalue weighted by Crippen LogP contribution is -2.32. The maximum atomic E-state index is 11.9. The van der Waals surface area contributed by atoms with E-state index in [0.29, 0.717) is 11.5 Å². The van der Waals surface area contributed by atoms with Crippen LogP contribution in [0, 0.1) is 5.92 Å². The van der Waals surface area contributed by atoms with Gasteiger partial charge in [0.2, 0.25) is 0 Å². The van der Waals surface area contributed by atoms with Gasteiger partial charge in [0.05, 0.1) is 5.92 Å². The minimum Gasteiger partial charge on any atom is -0.330 e. The largest absolute Gasteiger partial charge is 0.336 e. The molecule has 1 heterocycles. The lowest BCUT2D eigenvalue weighted by molar-refractivity contribution is -0.198. The fraction of sp³-hybridized carbons (Fsp3) is 0.357. The molecule has 2 aliphatic rings. The molecular weight excluding hydrogens is 246 g/mol. The van der Waals surface area contributed by atoms with Gasteiger partial charge < -0.3 is 4.84 Å². The fourth-order valence-corrected chi connectivity index (χ4v) is 2.34. The Hall–Kier alpha value is -2.17. The molecule has 2 amide bonds. The molecule has 0 bridgehead atoms. The average Bonchev–Trinajstić information content (AvgIpc) is 3.17. The fourth-order valence-electron chi connectivity index (χ4n) is 2.34. The van der Waals surface area contributed by atoms with Crippen LogP contribution >= 0.6 is 0 Å². The van der Waals surface area contributed by atoms with Gasteiger partial charge in [0.15, 0.2) is 0 Å². The van der Waals surface area contributed by atoms with Crippen LogP contribution in [0.1, 0.15) is 30.7 Å². The highest BCUT2D eigenvalue weighted by atomic mass is 16.7. The summed E-state index contributed by atoms with van der Waals surface area (Å²) < 4.78 is 0. The van der Waals surface area contributed by atoms with Crippen LogP contribution < -0.4 is 0 Å². The van der Waals surface area contributed by atoms with Crippen molar-refractivity contribution in [1.82, 2.24) is 5.06 Å². The molecule has 1 aromatic carbocycles. The second-order valence-corrected chi connectivity index (χ2v) is 4.85. The van der Waals surface area contributed by atoms with E-state index in [0.717, 1.165) is 5.56 Å². The molecule has 5 nitrogen and oxygen atoms in total. The van der Waals surface area contributed by atoms with Crippen molar-refractivity contribution < 1.29 is 19.2 Å². The first-order valence-electron chi connectivity index (χ1n) is 6.29. The quantitative estimate of drug-likeness (QED) is 0.770. The monoisotopic (exact) mass is 259 g/mol. The zero-order chi connectivity index (χ0) is 13.4. The number of hydrogen-bond donors (Lipinski definition) is 0. The molecule has 0 unspecified atom stereocenters. The van der Waals surface area contributed by atoms with Crippen LogP contribution in [-0.2, 0) is 19.2 Å². The molecule has 0 radical (unpaired) electrons. The van der Waals surface area contributed by atoms with Gasteiger partial charge in [0, 0.05) is 12.8 Å². The third-order valence-electron chi connectivity index (χ3n) is 3.51. The molecule has 1 aliphatic heterocycles. The van der Waals surface area contributed by atoms with E-state index in [1.807, 2.05) is 30.3 Å². The van der Waals surface area contributed by atoms with E-state index in [1.54, 1.807) is 0 Å². The predicted molar refractivity (Wildman–Crippen MR) is 64.5 cm³/mol. The van der Waals surface area contributed by atoms with Crippen molar-refractivity contribution in [1.29, 1.82) is 0 Å². The van der Waals surface area contributed by atoms with Gasteiger partial charge >= 0.3 is 5.97 Å². The highest BCUT2D eigenvalue weighted by molar-refractivity contribution is 6.01. The molecule has 2 fully saturated rings. The summed E-state index contributed by atoms with van der Waals surface area (Å²) in [5.74, 6) is -1.46. The molecule has 3 rings (SSSR count). The molecule has 2 atom stereocenters. The maximum absolute atomic E-state index is 11.9. The first kappa shape index (κ1) is 11.9. The summed E-state index contributed by atoms with van der Waals surface area (Å²) in [6.07, 6.45) is 0.955. The Morgan fingerprint density at radius 3 is 2.37 bits per heavy atom. The van der Waals surface area contributed by atoms with Crippen molar-refractivity contribution in [2.75, 3.05) is 0 Å². The van der Waals surface area contributed by atoms with E-state index in [-0.39, 0.29) is 24.7 Å². The van der Waals surface area contributed by atoms with Crippen molar-refractivity contribution in [2.24, 2.45) is 5.92 Å². The molecule has 1 aromatic rings. The normalized spacial score (nSPS) is 25.6. The van der Waals surface area contributed by atoms with Gasteiger partial charge in [0.1, 0.15) is 0 Å². The Labute approximate surface area is 110 Å². The average molecular weight is 259 g/mol. The van der Waals surface area contributed by atoms with Gasteiger partial charge in [-0.25, -0.2) is 4.79 Å². The lowest BCUT2D eigenvalue weighted by Gasteiger charge is -2.12. The van der Waals surface area contributed by atoms with Gasteiger partial charge in [-0.1, -0.05) is 30.3 Å². The summed E-state index contributed by atoms with van der Waals surface area (Å²) in [6.45, 7) is 0. The van der Waals surface area contributed by atoms with Crippen LogP contribution in [0.15, 0.2) is 30.3 Å². The van der Waals surface area contributed by atoms with E-state index in [1.165, 1.54) is 0 Å².